The van der Waals surface area contributed by atoms with Gasteiger partial charge in [-0.15, -0.1) is 0 Å². The molecule has 2 amide bonds. The molecule has 0 saturated carbocycles. The number of methoxy groups -OCH3 is 1. The fraction of sp³-hybridized carbons (Fsp3) is 0.286. The summed E-state index contributed by atoms with van der Waals surface area (Å²) in [5.74, 6) is -0.224. The van der Waals surface area contributed by atoms with Crippen LogP contribution in [0.2, 0.25) is 0 Å². The molecular weight excluding hydrogens is 525 g/mol. The van der Waals surface area contributed by atoms with Crippen molar-refractivity contribution in [1.82, 2.24) is 10.2 Å². The third-order valence-electron chi connectivity index (χ3n) is 5.82. The number of carbonyl (C=O) groups is 2. The number of nitrogens with zero attached hydrogens (tertiary/aromatic N) is 1. The van der Waals surface area contributed by atoms with Crippen molar-refractivity contribution in [2.75, 3.05) is 25.0 Å². The van der Waals surface area contributed by atoms with E-state index in [1.165, 1.54) is 41.3 Å². The Hall–Kier alpha value is -4.12. The van der Waals surface area contributed by atoms with E-state index in [0.29, 0.717) is 12.3 Å². The number of hydrogen-bond donors (Lipinski definition) is 2. The molecule has 9 nitrogen and oxygen atoms in total. The Balaban J connectivity index is 1.68. The van der Waals surface area contributed by atoms with Crippen LogP contribution in [0.4, 0.5) is 10.1 Å². The van der Waals surface area contributed by atoms with Gasteiger partial charge in [-0.2, -0.15) is 0 Å². The molecule has 0 aliphatic carbocycles. The molecule has 1 atom stereocenters. The van der Waals surface area contributed by atoms with Crippen molar-refractivity contribution >= 4 is 27.5 Å². The minimum absolute atomic E-state index is 0.0344. The van der Waals surface area contributed by atoms with Gasteiger partial charge in [-0.05, 0) is 79.6 Å². The lowest BCUT2D eigenvalue weighted by Crippen LogP contribution is -2.49. The van der Waals surface area contributed by atoms with Crippen LogP contribution in [0.15, 0.2) is 77.7 Å². The predicted octanol–water partition coefficient (Wildman–Crippen LogP) is 3.96. The SMILES string of the molecule is CCCNC(=O)[C@@H](C)N(Cc1ccc(OC)cc1)C(=O)COc1ccc(S(=O)(=O)Nc2ccc(F)cc2)cc1. The first-order chi connectivity index (χ1) is 18.6. The van der Waals surface area contributed by atoms with E-state index in [9.17, 15) is 22.4 Å². The van der Waals surface area contributed by atoms with Crippen LogP contribution < -0.4 is 19.5 Å². The number of anilines is 1. The van der Waals surface area contributed by atoms with Gasteiger partial charge in [0.05, 0.1) is 12.0 Å². The van der Waals surface area contributed by atoms with Gasteiger partial charge in [0.15, 0.2) is 6.61 Å². The molecule has 0 radical (unpaired) electrons. The van der Waals surface area contributed by atoms with Crippen LogP contribution in [-0.2, 0) is 26.2 Å². The summed E-state index contributed by atoms with van der Waals surface area (Å²) in [5, 5.41) is 2.81. The number of ether oxygens (including phenoxy) is 2. The summed E-state index contributed by atoms with van der Waals surface area (Å²) in [6.45, 7) is 3.91. The van der Waals surface area contributed by atoms with Gasteiger partial charge in [0, 0.05) is 18.8 Å². The van der Waals surface area contributed by atoms with Crippen LogP contribution in [-0.4, -0.2) is 51.4 Å². The summed E-state index contributed by atoms with van der Waals surface area (Å²) in [6, 6.07) is 16.9. The van der Waals surface area contributed by atoms with Crippen LogP contribution >= 0.6 is 0 Å². The molecule has 2 N–H and O–H groups in total. The van der Waals surface area contributed by atoms with Crippen LogP contribution in [0.3, 0.4) is 0 Å². The second-order valence-electron chi connectivity index (χ2n) is 8.71. The van der Waals surface area contributed by atoms with Crippen LogP contribution in [0.25, 0.3) is 0 Å². The molecule has 3 rings (SSSR count). The Morgan fingerprint density at radius 1 is 0.949 bits per heavy atom. The maximum atomic E-state index is 13.2. The van der Waals surface area contributed by atoms with Gasteiger partial charge in [0.25, 0.3) is 15.9 Å². The average Bonchev–Trinajstić information content (AvgIpc) is 2.94. The molecular formula is C28H32FN3O6S. The van der Waals surface area contributed by atoms with Gasteiger partial charge in [-0.25, -0.2) is 12.8 Å². The minimum Gasteiger partial charge on any atom is -0.497 e. The summed E-state index contributed by atoms with van der Waals surface area (Å²) >= 11 is 0. The minimum atomic E-state index is -3.91. The van der Waals surface area contributed by atoms with E-state index in [-0.39, 0.29) is 35.4 Å². The Bertz CT molecular complexity index is 1350. The van der Waals surface area contributed by atoms with Gasteiger partial charge in [0.1, 0.15) is 23.4 Å². The number of nitrogens with one attached hydrogen (secondary N) is 2. The van der Waals surface area contributed by atoms with Gasteiger partial charge < -0.3 is 19.7 Å². The number of halogens is 1. The highest BCUT2D eigenvalue weighted by atomic mass is 32.2. The first-order valence-electron chi connectivity index (χ1n) is 12.3. The molecule has 0 aromatic heterocycles. The van der Waals surface area contributed by atoms with Crippen LogP contribution in [0, 0.1) is 5.82 Å². The van der Waals surface area contributed by atoms with E-state index < -0.39 is 27.8 Å². The molecule has 0 unspecified atom stereocenters. The fourth-order valence-corrected chi connectivity index (χ4v) is 4.64. The third kappa shape index (κ3) is 8.44. The summed E-state index contributed by atoms with van der Waals surface area (Å²) in [5.41, 5.74) is 1.03. The zero-order valence-electron chi connectivity index (χ0n) is 22.0. The normalized spacial score (nSPS) is 11.8. The molecule has 11 heteroatoms. The molecule has 0 fully saturated rings. The number of amides is 2. The average molecular weight is 558 g/mol. The quantitative estimate of drug-likeness (QED) is 0.329. The lowest BCUT2D eigenvalue weighted by Gasteiger charge is -2.28. The van der Waals surface area contributed by atoms with Crippen molar-refractivity contribution in [2.24, 2.45) is 0 Å². The molecule has 0 spiro atoms. The molecule has 0 aliphatic heterocycles. The molecule has 3 aromatic carbocycles. The highest BCUT2D eigenvalue weighted by molar-refractivity contribution is 7.92. The lowest BCUT2D eigenvalue weighted by molar-refractivity contribution is -0.142. The first-order valence-corrected chi connectivity index (χ1v) is 13.8. The van der Waals surface area contributed by atoms with Crippen molar-refractivity contribution in [2.45, 2.75) is 37.8 Å². The van der Waals surface area contributed by atoms with Crippen molar-refractivity contribution in [3.05, 3.63) is 84.2 Å². The lowest BCUT2D eigenvalue weighted by atomic mass is 10.1. The largest absolute Gasteiger partial charge is 0.497 e. The molecule has 39 heavy (non-hydrogen) atoms. The number of hydrogen-bond acceptors (Lipinski definition) is 6. The first kappa shape index (κ1) is 29.4. The maximum Gasteiger partial charge on any atom is 0.261 e. The zero-order valence-corrected chi connectivity index (χ0v) is 22.8. The Morgan fingerprint density at radius 3 is 2.15 bits per heavy atom. The van der Waals surface area contributed by atoms with Gasteiger partial charge in [-0.1, -0.05) is 19.1 Å². The molecule has 208 valence electrons. The van der Waals surface area contributed by atoms with E-state index >= 15 is 0 Å². The standard InChI is InChI=1S/C28H32FN3O6S/c1-4-17-30-28(34)20(2)32(18-21-5-11-24(37-3)12-6-21)27(33)19-38-25-13-15-26(16-14-25)39(35,36)31-23-9-7-22(29)8-10-23/h5-16,20,31H,4,17-19H2,1-3H3,(H,30,34)/t20-/m1/s1. The molecule has 0 bridgehead atoms. The van der Waals surface area contributed by atoms with Crippen molar-refractivity contribution in [3.8, 4) is 11.5 Å². The second kappa shape index (κ2) is 13.6. The number of rotatable bonds is 13. The zero-order chi connectivity index (χ0) is 28.4. The molecule has 0 saturated heterocycles. The molecule has 0 aliphatic rings. The molecule has 3 aromatic rings. The Labute approximate surface area is 228 Å². The third-order valence-corrected chi connectivity index (χ3v) is 7.22. The van der Waals surface area contributed by atoms with E-state index in [0.717, 1.165) is 24.1 Å². The topological polar surface area (TPSA) is 114 Å². The summed E-state index contributed by atoms with van der Waals surface area (Å²) in [4.78, 5) is 27.2. The van der Waals surface area contributed by atoms with Gasteiger partial charge >= 0.3 is 0 Å². The van der Waals surface area contributed by atoms with Crippen molar-refractivity contribution in [3.63, 3.8) is 0 Å². The number of carbonyl (C=O) groups excluding carboxylic acids is 2. The summed E-state index contributed by atoms with van der Waals surface area (Å²) in [6.07, 6.45) is 0.763. The second-order valence-corrected chi connectivity index (χ2v) is 10.4. The monoisotopic (exact) mass is 557 g/mol. The van der Waals surface area contributed by atoms with E-state index in [1.807, 2.05) is 19.1 Å². The van der Waals surface area contributed by atoms with Gasteiger partial charge in [0.2, 0.25) is 5.91 Å². The molecule has 0 heterocycles. The number of benzene rings is 3. The van der Waals surface area contributed by atoms with E-state index in [4.69, 9.17) is 9.47 Å². The van der Waals surface area contributed by atoms with Crippen LogP contribution in [0.1, 0.15) is 25.8 Å². The number of sulfonamides is 1. The smallest absolute Gasteiger partial charge is 0.261 e. The Kier molecular flexibility index (Phi) is 10.3. The van der Waals surface area contributed by atoms with Gasteiger partial charge in [-0.3, -0.25) is 14.3 Å². The van der Waals surface area contributed by atoms with Crippen LogP contribution in [0.5, 0.6) is 11.5 Å². The summed E-state index contributed by atoms with van der Waals surface area (Å²) < 4.78 is 51.5. The fourth-order valence-electron chi connectivity index (χ4n) is 3.58. The Morgan fingerprint density at radius 2 is 1.56 bits per heavy atom. The maximum absolute atomic E-state index is 13.2. The highest BCUT2D eigenvalue weighted by Gasteiger charge is 2.26. The highest BCUT2D eigenvalue weighted by Crippen LogP contribution is 2.20. The predicted molar refractivity (Wildman–Crippen MR) is 145 cm³/mol. The van der Waals surface area contributed by atoms with E-state index in [2.05, 4.69) is 10.0 Å². The van der Waals surface area contributed by atoms with E-state index in [1.54, 1.807) is 26.2 Å². The van der Waals surface area contributed by atoms with Crippen molar-refractivity contribution in [1.29, 1.82) is 0 Å². The summed E-state index contributed by atoms with van der Waals surface area (Å²) in [7, 11) is -2.35. The van der Waals surface area contributed by atoms with Crippen molar-refractivity contribution < 1.29 is 31.9 Å².